The van der Waals surface area contributed by atoms with Crippen molar-refractivity contribution in [1.29, 1.82) is 0 Å². The summed E-state index contributed by atoms with van der Waals surface area (Å²) >= 11 is 12.0. The van der Waals surface area contributed by atoms with Crippen molar-refractivity contribution in [3.8, 4) is 0 Å². The first-order chi connectivity index (χ1) is 12.9. The fourth-order valence-electron chi connectivity index (χ4n) is 2.11. The lowest BCUT2D eigenvalue weighted by molar-refractivity contribution is 0.580. The molecule has 0 aliphatic carbocycles. The van der Waals surface area contributed by atoms with Crippen LogP contribution < -0.4 is 15.4 Å². The van der Waals surface area contributed by atoms with Crippen molar-refractivity contribution in [2.24, 2.45) is 4.99 Å². The number of guanidine groups is 1. The number of aromatic nitrogens is 1. The van der Waals surface area contributed by atoms with E-state index in [-0.39, 0.29) is 35.4 Å². The van der Waals surface area contributed by atoms with Crippen LogP contribution in [0.3, 0.4) is 0 Å². The van der Waals surface area contributed by atoms with Crippen LogP contribution in [0.2, 0.25) is 10.0 Å². The molecule has 3 N–H and O–H groups in total. The molecule has 0 radical (unpaired) electrons. The summed E-state index contributed by atoms with van der Waals surface area (Å²) < 4.78 is 26.8. The molecule has 2 rings (SSSR count). The highest BCUT2D eigenvalue weighted by atomic mass is 127. The number of aliphatic imine (C=N–C) groups is 1. The molecule has 0 amide bonds. The second kappa shape index (κ2) is 12.4. The summed E-state index contributed by atoms with van der Waals surface area (Å²) in [4.78, 5) is 8.39. The molecule has 154 valence electrons. The Morgan fingerprint density at radius 3 is 2.61 bits per heavy atom. The molecule has 0 spiro atoms. The highest BCUT2D eigenvalue weighted by Crippen LogP contribution is 2.21. The topological polar surface area (TPSA) is 95.5 Å². The van der Waals surface area contributed by atoms with Gasteiger partial charge >= 0.3 is 0 Å². The normalized spacial score (nSPS) is 11.6. The fourth-order valence-corrected chi connectivity index (χ4v) is 3.57. The molecule has 0 saturated carbocycles. The van der Waals surface area contributed by atoms with Gasteiger partial charge in [-0.1, -0.05) is 29.3 Å². The summed E-state index contributed by atoms with van der Waals surface area (Å²) in [5.74, 6) is 0.559. The van der Waals surface area contributed by atoms with E-state index in [4.69, 9.17) is 23.2 Å². The average Bonchev–Trinajstić information content (AvgIpc) is 2.65. The Kier molecular flexibility index (Phi) is 11.1. The van der Waals surface area contributed by atoms with Crippen molar-refractivity contribution in [2.45, 2.75) is 18.4 Å². The molecule has 0 saturated heterocycles. The Bertz CT molecular complexity index is 882. The van der Waals surface area contributed by atoms with Crippen LogP contribution in [0.15, 0.2) is 52.6 Å². The zero-order valence-corrected chi connectivity index (χ0v) is 19.8. The maximum absolute atomic E-state index is 12.1. The summed E-state index contributed by atoms with van der Waals surface area (Å²) in [7, 11) is -3.58. The number of nitrogens with one attached hydrogen (secondary N) is 3. The quantitative estimate of drug-likeness (QED) is 0.201. The Labute approximate surface area is 192 Å². The Hall–Kier alpha value is -1.14. The van der Waals surface area contributed by atoms with E-state index in [9.17, 15) is 8.42 Å². The molecule has 1 aromatic carbocycles. The standard InChI is InChI=1S/C17H21Cl2N5O2S.HI/c1-2-21-17(23-11-13-5-6-14(18)10-16(13)19)22-8-9-24-27(25,26)15-4-3-7-20-12-15;/h3-7,10,12,24H,2,8-9,11H2,1H3,(H2,21,22,23);1H. The number of hydrogen-bond acceptors (Lipinski definition) is 4. The first kappa shape index (κ1) is 24.9. The molecule has 1 heterocycles. The van der Waals surface area contributed by atoms with E-state index in [1.54, 1.807) is 18.2 Å². The van der Waals surface area contributed by atoms with Gasteiger partial charge in [0.2, 0.25) is 10.0 Å². The Balaban J connectivity index is 0.00000392. The van der Waals surface area contributed by atoms with Gasteiger partial charge in [-0.15, -0.1) is 24.0 Å². The van der Waals surface area contributed by atoms with Gasteiger partial charge in [0.1, 0.15) is 4.90 Å². The molecule has 0 aliphatic rings. The summed E-state index contributed by atoms with van der Waals surface area (Å²) in [6.45, 7) is 3.54. The summed E-state index contributed by atoms with van der Waals surface area (Å²) in [6, 6.07) is 8.31. The Morgan fingerprint density at radius 1 is 1.18 bits per heavy atom. The van der Waals surface area contributed by atoms with E-state index >= 15 is 0 Å². The van der Waals surface area contributed by atoms with Crippen molar-refractivity contribution >= 4 is 63.2 Å². The molecule has 11 heteroatoms. The number of rotatable bonds is 8. The van der Waals surface area contributed by atoms with Crippen LogP contribution in [0.1, 0.15) is 12.5 Å². The number of sulfonamides is 1. The molecule has 0 aliphatic heterocycles. The molecule has 2 aromatic rings. The lowest BCUT2D eigenvalue weighted by Gasteiger charge is -2.12. The minimum atomic E-state index is -3.58. The number of halogens is 3. The van der Waals surface area contributed by atoms with E-state index in [1.165, 1.54) is 18.5 Å². The van der Waals surface area contributed by atoms with Crippen LogP contribution in [0.4, 0.5) is 0 Å². The van der Waals surface area contributed by atoms with Gasteiger partial charge in [0.15, 0.2) is 5.96 Å². The average molecular weight is 558 g/mol. The van der Waals surface area contributed by atoms with Gasteiger partial charge in [-0.25, -0.2) is 18.1 Å². The first-order valence-corrected chi connectivity index (χ1v) is 10.5. The maximum Gasteiger partial charge on any atom is 0.242 e. The third-order valence-electron chi connectivity index (χ3n) is 3.42. The Morgan fingerprint density at radius 2 is 1.96 bits per heavy atom. The van der Waals surface area contributed by atoms with Crippen LogP contribution in [0, 0.1) is 0 Å². The molecule has 0 bridgehead atoms. The van der Waals surface area contributed by atoms with Gasteiger partial charge in [0.25, 0.3) is 0 Å². The van der Waals surface area contributed by atoms with E-state index in [1.807, 2.05) is 13.0 Å². The van der Waals surface area contributed by atoms with Gasteiger partial charge < -0.3 is 10.6 Å². The van der Waals surface area contributed by atoms with E-state index in [0.29, 0.717) is 35.6 Å². The summed E-state index contributed by atoms with van der Waals surface area (Å²) in [5, 5.41) is 7.28. The number of nitrogens with zero attached hydrogens (tertiary/aromatic N) is 2. The molecular weight excluding hydrogens is 536 g/mol. The number of pyridine rings is 1. The zero-order chi connectivity index (χ0) is 19.7. The predicted octanol–water partition coefficient (Wildman–Crippen LogP) is 3.04. The SMILES string of the molecule is CCNC(=NCc1ccc(Cl)cc1Cl)NCCNS(=O)(=O)c1cccnc1.I. The molecule has 1 aromatic heterocycles. The van der Waals surface area contributed by atoms with Crippen LogP contribution in [0.25, 0.3) is 0 Å². The second-order valence-corrected chi connectivity index (χ2v) is 8.05. The lowest BCUT2D eigenvalue weighted by Crippen LogP contribution is -2.41. The third kappa shape index (κ3) is 8.08. The summed E-state index contributed by atoms with van der Waals surface area (Å²) in [5.41, 5.74) is 0.843. The highest BCUT2D eigenvalue weighted by Gasteiger charge is 2.12. The van der Waals surface area contributed by atoms with Crippen LogP contribution in [-0.4, -0.2) is 39.0 Å². The number of benzene rings is 1. The summed E-state index contributed by atoms with van der Waals surface area (Å²) in [6.07, 6.45) is 2.82. The largest absolute Gasteiger partial charge is 0.357 e. The molecule has 28 heavy (non-hydrogen) atoms. The van der Waals surface area contributed by atoms with Crippen LogP contribution in [0.5, 0.6) is 0 Å². The smallest absolute Gasteiger partial charge is 0.242 e. The van der Waals surface area contributed by atoms with Crippen molar-refractivity contribution in [2.75, 3.05) is 19.6 Å². The van der Waals surface area contributed by atoms with Crippen molar-refractivity contribution in [3.63, 3.8) is 0 Å². The van der Waals surface area contributed by atoms with E-state index in [2.05, 4.69) is 25.3 Å². The van der Waals surface area contributed by atoms with Gasteiger partial charge in [0, 0.05) is 42.1 Å². The van der Waals surface area contributed by atoms with Crippen LogP contribution >= 0.6 is 47.2 Å². The first-order valence-electron chi connectivity index (χ1n) is 8.28. The van der Waals surface area contributed by atoms with Gasteiger partial charge in [-0.3, -0.25) is 4.98 Å². The molecule has 0 fully saturated rings. The predicted molar refractivity (Wildman–Crippen MR) is 124 cm³/mol. The maximum atomic E-state index is 12.1. The van der Waals surface area contributed by atoms with Gasteiger partial charge in [0.05, 0.1) is 6.54 Å². The van der Waals surface area contributed by atoms with E-state index < -0.39 is 10.0 Å². The monoisotopic (exact) mass is 557 g/mol. The van der Waals surface area contributed by atoms with E-state index in [0.717, 1.165) is 5.56 Å². The third-order valence-corrected chi connectivity index (χ3v) is 5.45. The molecule has 0 atom stereocenters. The van der Waals surface area contributed by atoms with Crippen LogP contribution in [-0.2, 0) is 16.6 Å². The minimum Gasteiger partial charge on any atom is -0.357 e. The number of hydrogen-bond donors (Lipinski definition) is 3. The van der Waals surface area contributed by atoms with Crippen molar-refractivity contribution < 1.29 is 8.42 Å². The molecule has 0 unspecified atom stereocenters. The molecular formula is C17H22Cl2IN5O2S. The molecule has 7 nitrogen and oxygen atoms in total. The zero-order valence-electron chi connectivity index (χ0n) is 15.2. The van der Waals surface area contributed by atoms with Gasteiger partial charge in [-0.05, 0) is 36.8 Å². The fraction of sp³-hybridized carbons (Fsp3) is 0.294. The second-order valence-electron chi connectivity index (χ2n) is 5.44. The lowest BCUT2D eigenvalue weighted by atomic mass is 10.2. The highest BCUT2D eigenvalue weighted by molar-refractivity contribution is 14.0. The van der Waals surface area contributed by atoms with Crippen molar-refractivity contribution in [1.82, 2.24) is 20.3 Å². The minimum absolute atomic E-state index is 0. The van der Waals surface area contributed by atoms with Gasteiger partial charge in [-0.2, -0.15) is 0 Å². The van der Waals surface area contributed by atoms with Crippen molar-refractivity contribution in [3.05, 3.63) is 58.3 Å².